The van der Waals surface area contributed by atoms with E-state index in [0.29, 0.717) is 11.5 Å². The Morgan fingerprint density at radius 1 is 1.19 bits per heavy atom. The van der Waals surface area contributed by atoms with Gasteiger partial charge in [0, 0.05) is 11.3 Å². The molecule has 0 saturated heterocycles. The van der Waals surface area contributed by atoms with Crippen molar-refractivity contribution in [2.75, 3.05) is 5.32 Å². The van der Waals surface area contributed by atoms with Crippen LogP contribution in [-0.4, -0.2) is 15.9 Å². The number of nitrogens with one attached hydrogen (secondary N) is 2. The number of rotatable bonds is 3. The molecule has 3 rings (SSSR count). The molecule has 3 aromatic rings. The number of imidazole rings is 1. The highest BCUT2D eigenvalue weighted by Gasteiger charge is 2.08. The molecule has 0 spiro atoms. The van der Waals surface area contributed by atoms with E-state index in [1.165, 1.54) is 5.56 Å². The lowest BCUT2D eigenvalue weighted by molar-refractivity contribution is 0.102. The van der Waals surface area contributed by atoms with E-state index in [1.54, 1.807) is 12.4 Å². The summed E-state index contributed by atoms with van der Waals surface area (Å²) in [6, 6.07) is 13.4. The largest absolute Gasteiger partial charge is 0.345 e. The number of anilines is 1. The summed E-state index contributed by atoms with van der Waals surface area (Å²) in [5, 5.41) is 2.94. The van der Waals surface area contributed by atoms with Crippen molar-refractivity contribution in [1.29, 1.82) is 0 Å². The molecule has 2 N–H and O–H groups in total. The van der Waals surface area contributed by atoms with Crippen LogP contribution in [0.1, 0.15) is 35.7 Å². The van der Waals surface area contributed by atoms with E-state index in [0.717, 1.165) is 16.7 Å². The molecule has 0 bridgehead atoms. The summed E-state index contributed by atoms with van der Waals surface area (Å²) in [6.07, 6.45) is 1.62. The number of aromatic nitrogens is 2. The second kappa shape index (κ2) is 5.40. The average Bonchev–Trinajstić information content (AvgIpc) is 2.94. The fourth-order valence-electron chi connectivity index (χ4n) is 2.26. The van der Waals surface area contributed by atoms with E-state index in [2.05, 4.69) is 35.2 Å². The molecule has 0 aliphatic carbocycles. The Labute approximate surface area is 123 Å². The van der Waals surface area contributed by atoms with Crippen molar-refractivity contribution in [3.63, 3.8) is 0 Å². The number of H-pyrrole nitrogens is 1. The lowest BCUT2D eigenvalue weighted by atomic mass is 10.0. The number of nitrogens with zero attached hydrogens (tertiary/aromatic N) is 1. The van der Waals surface area contributed by atoms with Crippen LogP contribution in [0.3, 0.4) is 0 Å². The highest BCUT2D eigenvalue weighted by atomic mass is 16.1. The molecule has 106 valence electrons. The van der Waals surface area contributed by atoms with Gasteiger partial charge >= 0.3 is 0 Å². The number of carbonyl (C=O) groups excluding carboxylic acids is 1. The molecule has 4 heteroatoms. The van der Waals surface area contributed by atoms with E-state index in [-0.39, 0.29) is 5.91 Å². The van der Waals surface area contributed by atoms with E-state index in [4.69, 9.17) is 0 Å². The highest BCUT2D eigenvalue weighted by Crippen LogP contribution is 2.19. The van der Waals surface area contributed by atoms with Crippen molar-refractivity contribution >= 4 is 22.6 Å². The SMILES string of the molecule is CC(C)c1cccc(NC(=O)c2ccc3nc[nH]c3c2)c1. The molecule has 2 aromatic carbocycles. The van der Waals surface area contributed by atoms with Gasteiger partial charge in [0.25, 0.3) is 5.91 Å². The maximum atomic E-state index is 12.3. The van der Waals surface area contributed by atoms with Crippen molar-refractivity contribution < 1.29 is 4.79 Å². The summed E-state index contributed by atoms with van der Waals surface area (Å²) in [5.41, 5.74) is 4.35. The van der Waals surface area contributed by atoms with Crippen LogP contribution in [-0.2, 0) is 0 Å². The standard InChI is InChI=1S/C17H17N3O/c1-11(2)12-4-3-5-14(8-12)20-17(21)13-6-7-15-16(9-13)19-10-18-15/h3-11H,1-2H3,(H,18,19)(H,20,21). The van der Waals surface area contributed by atoms with Crippen molar-refractivity contribution in [2.45, 2.75) is 19.8 Å². The van der Waals surface area contributed by atoms with Crippen molar-refractivity contribution in [1.82, 2.24) is 9.97 Å². The minimum absolute atomic E-state index is 0.118. The Bertz CT molecular complexity index is 789. The first-order chi connectivity index (χ1) is 10.1. The summed E-state index contributed by atoms with van der Waals surface area (Å²) < 4.78 is 0. The second-order valence-corrected chi connectivity index (χ2v) is 5.37. The molecule has 0 saturated carbocycles. The minimum atomic E-state index is -0.118. The maximum Gasteiger partial charge on any atom is 0.255 e. The number of hydrogen-bond donors (Lipinski definition) is 2. The minimum Gasteiger partial charge on any atom is -0.345 e. The molecule has 0 aliphatic heterocycles. The molecule has 4 nitrogen and oxygen atoms in total. The van der Waals surface area contributed by atoms with Crippen LogP contribution in [0.2, 0.25) is 0 Å². The van der Waals surface area contributed by atoms with Gasteiger partial charge in [-0.3, -0.25) is 4.79 Å². The van der Waals surface area contributed by atoms with Gasteiger partial charge in [-0.25, -0.2) is 4.98 Å². The second-order valence-electron chi connectivity index (χ2n) is 5.37. The van der Waals surface area contributed by atoms with Crippen LogP contribution in [0.4, 0.5) is 5.69 Å². The quantitative estimate of drug-likeness (QED) is 0.763. The molecule has 1 amide bonds. The molecular weight excluding hydrogens is 262 g/mol. The van der Waals surface area contributed by atoms with E-state index in [1.807, 2.05) is 30.3 Å². The van der Waals surface area contributed by atoms with E-state index < -0.39 is 0 Å². The lowest BCUT2D eigenvalue weighted by Gasteiger charge is -2.09. The fourth-order valence-corrected chi connectivity index (χ4v) is 2.26. The first-order valence-corrected chi connectivity index (χ1v) is 6.98. The van der Waals surface area contributed by atoms with Crippen LogP contribution in [0.5, 0.6) is 0 Å². The van der Waals surface area contributed by atoms with Gasteiger partial charge in [-0.1, -0.05) is 26.0 Å². The molecular formula is C17H17N3O. The summed E-state index contributed by atoms with van der Waals surface area (Å²) in [4.78, 5) is 19.5. The normalized spacial score (nSPS) is 11.0. The predicted octanol–water partition coefficient (Wildman–Crippen LogP) is 3.94. The number of carbonyl (C=O) groups is 1. The maximum absolute atomic E-state index is 12.3. The molecule has 1 aromatic heterocycles. The number of benzene rings is 2. The Morgan fingerprint density at radius 3 is 2.86 bits per heavy atom. The average molecular weight is 279 g/mol. The molecule has 0 fully saturated rings. The van der Waals surface area contributed by atoms with E-state index >= 15 is 0 Å². The predicted molar refractivity (Wildman–Crippen MR) is 84.6 cm³/mol. The van der Waals surface area contributed by atoms with Gasteiger partial charge in [-0.2, -0.15) is 0 Å². The molecule has 0 atom stereocenters. The van der Waals surface area contributed by atoms with Crippen LogP contribution < -0.4 is 5.32 Å². The molecule has 0 aliphatic rings. The van der Waals surface area contributed by atoms with Crippen molar-refractivity contribution in [3.8, 4) is 0 Å². The van der Waals surface area contributed by atoms with Gasteiger partial charge in [0.2, 0.25) is 0 Å². The van der Waals surface area contributed by atoms with Gasteiger partial charge in [0.05, 0.1) is 17.4 Å². The summed E-state index contributed by atoms with van der Waals surface area (Å²) in [7, 11) is 0. The number of fused-ring (bicyclic) bond motifs is 1. The third-order valence-corrected chi connectivity index (χ3v) is 3.49. The Kier molecular flexibility index (Phi) is 3.44. The summed E-state index contributed by atoms with van der Waals surface area (Å²) in [6.45, 7) is 4.26. The number of amides is 1. The first kappa shape index (κ1) is 13.4. The van der Waals surface area contributed by atoms with Gasteiger partial charge in [-0.15, -0.1) is 0 Å². The molecule has 0 radical (unpaired) electrons. The number of hydrogen-bond acceptors (Lipinski definition) is 2. The Morgan fingerprint density at radius 2 is 2.05 bits per heavy atom. The molecule has 21 heavy (non-hydrogen) atoms. The summed E-state index contributed by atoms with van der Waals surface area (Å²) >= 11 is 0. The van der Waals surface area contributed by atoms with Gasteiger partial charge < -0.3 is 10.3 Å². The monoisotopic (exact) mass is 279 g/mol. The smallest absolute Gasteiger partial charge is 0.255 e. The van der Waals surface area contributed by atoms with Crippen LogP contribution in [0.25, 0.3) is 11.0 Å². The van der Waals surface area contributed by atoms with Gasteiger partial charge in [-0.05, 0) is 41.8 Å². The zero-order valence-corrected chi connectivity index (χ0v) is 12.1. The Balaban J connectivity index is 1.83. The van der Waals surface area contributed by atoms with Crippen LogP contribution in [0.15, 0.2) is 48.8 Å². The van der Waals surface area contributed by atoms with Crippen LogP contribution in [0, 0.1) is 0 Å². The lowest BCUT2D eigenvalue weighted by Crippen LogP contribution is -2.12. The first-order valence-electron chi connectivity index (χ1n) is 6.98. The summed E-state index contributed by atoms with van der Waals surface area (Å²) in [5.74, 6) is 0.315. The topological polar surface area (TPSA) is 57.8 Å². The zero-order valence-electron chi connectivity index (χ0n) is 12.1. The third-order valence-electron chi connectivity index (χ3n) is 3.49. The zero-order chi connectivity index (χ0) is 14.8. The van der Waals surface area contributed by atoms with Gasteiger partial charge in [0.1, 0.15) is 0 Å². The Hall–Kier alpha value is -2.62. The van der Waals surface area contributed by atoms with E-state index in [9.17, 15) is 4.79 Å². The fraction of sp³-hybridized carbons (Fsp3) is 0.176. The van der Waals surface area contributed by atoms with Crippen molar-refractivity contribution in [2.24, 2.45) is 0 Å². The van der Waals surface area contributed by atoms with Gasteiger partial charge in [0.15, 0.2) is 0 Å². The van der Waals surface area contributed by atoms with Crippen molar-refractivity contribution in [3.05, 3.63) is 59.9 Å². The number of aromatic amines is 1. The van der Waals surface area contributed by atoms with Crippen LogP contribution >= 0.6 is 0 Å². The molecule has 1 heterocycles. The molecule has 0 unspecified atom stereocenters. The highest BCUT2D eigenvalue weighted by molar-refractivity contribution is 6.05. The third kappa shape index (κ3) is 2.79.